The van der Waals surface area contributed by atoms with Crippen LogP contribution in [0.5, 0.6) is 0 Å². The first kappa shape index (κ1) is 18.5. The lowest BCUT2D eigenvalue weighted by Crippen LogP contribution is -2.53. The monoisotopic (exact) mass is 392 g/mol. The van der Waals surface area contributed by atoms with Gasteiger partial charge in [-0.2, -0.15) is 0 Å². The average molecular weight is 392 g/mol. The van der Waals surface area contributed by atoms with Crippen LogP contribution in [0.1, 0.15) is 46.6 Å². The SMILES string of the molecule is Cc1nc(-c2ccc(C(F)F)cc2)sc1C(=O)N1CCOCC1C1CCC1. The average Bonchev–Trinajstić information content (AvgIpc) is 3.02. The maximum absolute atomic E-state index is 13.2. The number of aryl methyl sites for hydroxylation is 1. The van der Waals surface area contributed by atoms with Crippen molar-refractivity contribution >= 4 is 17.2 Å². The number of benzene rings is 1. The van der Waals surface area contributed by atoms with Gasteiger partial charge in [0.2, 0.25) is 0 Å². The number of aromatic nitrogens is 1. The molecule has 2 heterocycles. The van der Waals surface area contributed by atoms with Gasteiger partial charge in [-0.3, -0.25) is 4.79 Å². The summed E-state index contributed by atoms with van der Waals surface area (Å²) in [6.45, 7) is 3.61. The van der Waals surface area contributed by atoms with Gasteiger partial charge in [-0.05, 0) is 25.7 Å². The zero-order chi connectivity index (χ0) is 19.0. The van der Waals surface area contributed by atoms with E-state index in [1.54, 1.807) is 12.1 Å². The van der Waals surface area contributed by atoms with Gasteiger partial charge in [0.25, 0.3) is 12.3 Å². The maximum atomic E-state index is 13.2. The Morgan fingerprint density at radius 3 is 2.67 bits per heavy atom. The lowest BCUT2D eigenvalue weighted by Gasteiger charge is -2.43. The molecule has 0 N–H and O–H groups in total. The molecule has 4 rings (SSSR count). The number of ether oxygens (including phenoxy) is 1. The van der Waals surface area contributed by atoms with Crippen molar-refractivity contribution in [3.8, 4) is 10.6 Å². The number of morpholine rings is 1. The third-order valence-corrected chi connectivity index (χ3v) is 6.72. The molecular formula is C20H22F2N2O2S. The fraction of sp³-hybridized carbons (Fsp3) is 0.500. The zero-order valence-corrected chi connectivity index (χ0v) is 16.0. The number of carbonyl (C=O) groups excluding carboxylic acids is 1. The molecule has 2 fully saturated rings. The zero-order valence-electron chi connectivity index (χ0n) is 15.2. The summed E-state index contributed by atoms with van der Waals surface area (Å²) < 4.78 is 31.1. The lowest BCUT2D eigenvalue weighted by atomic mass is 9.79. The van der Waals surface area contributed by atoms with Crippen molar-refractivity contribution in [2.24, 2.45) is 5.92 Å². The normalized spacial score (nSPS) is 20.7. The summed E-state index contributed by atoms with van der Waals surface area (Å²) >= 11 is 1.34. The summed E-state index contributed by atoms with van der Waals surface area (Å²) in [5, 5.41) is 0.685. The van der Waals surface area contributed by atoms with Crippen LogP contribution in [-0.2, 0) is 4.74 Å². The molecule has 1 atom stereocenters. The molecule has 2 aliphatic rings. The van der Waals surface area contributed by atoms with Gasteiger partial charge in [0.1, 0.15) is 9.88 Å². The summed E-state index contributed by atoms with van der Waals surface area (Å²) in [6.07, 6.45) is 1.04. The van der Waals surface area contributed by atoms with Gasteiger partial charge < -0.3 is 9.64 Å². The minimum absolute atomic E-state index is 0.0139. The molecular weight excluding hydrogens is 370 g/mol. The molecule has 1 aliphatic carbocycles. The molecule has 27 heavy (non-hydrogen) atoms. The van der Waals surface area contributed by atoms with E-state index in [4.69, 9.17) is 4.74 Å². The van der Waals surface area contributed by atoms with Gasteiger partial charge in [0, 0.05) is 17.7 Å². The van der Waals surface area contributed by atoms with E-state index in [9.17, 15) is 13.6 Å². The Labute approximate surface area is 161 Å². The van der Waals surface area contributed by atoms with E-state index >= 15 is 0 Å². The van der Waals surface area contributed by atoms with E-state index < -0.39 is 6.43 Å². The highest BCUT2D eigenvalue weighted by molar-refractivity contribution is 7.17. The third-order valence-electron chi connectivity index (χ3n) is 5.52. The van der Waals surface area contributed by atoms with Crippen LogP contribution in [-0.4, -0.2) is 41.6 Å². The van der Waals surface area contributed by atoms with E-state index in [0.29, 0.717) is 41.3 Å². The molecule has 0 bridgehead atoms. The first-order valence-corrected chi connectivity index (χ1v) is 10.1. The fourth-order valence-electron chi connectivity index (χ4n) is 3.71. The van der Waals surface area contributed by atoms with Crippen LogP contribution in [0, 0.1) is 12.8 Å². The van der Waals surface area contributed by atoms with Crippen molar-refractivity contribution in [3.05, 3.63) is 40.4 Å². The van der Waals surface area contributed by atoms with E-state index in [0.717, 1.165) is 18.4 Å². The first-order chi connectivity index (χ1) is 13.0. The van der Waals surface area contributed by atoms with Crippen LogP contribution in [0.3, 0.4) is 0 Å². The topological polar surface area (TPSA) is 42.4 Å². The van der Waals surface area contributed by atoms with Crippen LogP contribution in [0.4, 0.5) is 8.78 Å². The van der Waals surface area contributed by atoms with Gasteiger partial charge in [-0.1, -0.05) is 30.7 Å². The van der Waals surface area contributed by atoms with Crippen molar-refractivity contribution in [1.29, 1.82) is 0 Å². The highest BCUT2D eigenvalue weighted by Crippen LogP contribution is 2.36. The molecule has 0 spiro atoms. The number of halogens is 2. The summed E-state index contributed by atoms with van der Waals surface area (Å²) in [4.78, 5) is 20.3. The summed E-state index contributed by atoms with van der Waals surface area (Å²) in [7, 11) is 0. The van der Waals surface area contributed by atoms with Gasteiger partial charge in [0.15, 0.2) is 0 Å². The molecule has 2 aromatic rings. The van der Waals surface area contributed by atoms with Crippen LogP contribution in [0.2, 0.25) is 0 Å². The molecule has 1 unspecified atom stereocenters. The highest BCUT2D eigenvalue weighted by atomic mass is 32.1. The predicted octanol–water partition coefficient (Wildman–Crippen LogP) is 4.70. The second kappa shape index (κ2) is 7.64. The number of nitrogens with zero attached hydrogens (tertiary/aromatic N) is 2. The largest absolute Gasteiger partial charge is 0.377 e. The van der Waals surface area contributed by atoms with Crippen LogP contribution in [0.15, 0.2) is 24.3 Å². The smallest absolute Gasteiger partial charge is 0.266 e. The molecule has 7 heteroatoms. The molecule has 1 aliphatic heterocycles. The van der Waals surface area contributed by atoms with Gasteiger partial charge in [0.05, 0.1) is 24.9 Å². The van der Waals surface area contributed by atoms with Crippen molar-refractivity contribution in [2.75, 3.05) is 19.8 Å². The fourth-order valence-corrected chi connectivity index (χ4v) is 4.74. The lowest BCUT2D eigenvalue weighted by molar-refractivity contribution is -0.0328. The van der Waals surface area contributed by atoms with Crippen molar-refractivity contribution in [3.63, 3.8) is 0 Å². The van der Waals surface area contributed by atoms with Gasteiger partial charge in [-0.25, -0.2) is 13.8 Å². The number of hydrogen-bond acceptors (Lipinski definition) is 4. The number of amides is 1. The Bertz CT molecular complexity index is 818. The van der Waals surface area contributed by atoms with E-state index in [-0.39, 0.29) is 17.5 Å². The second-order valence-electron chi connectivity index (χ2n) is 7.19. The molecule has 144 valence electrons. The summed E-state index contributed by atoms with van der Waals surface area (Å²) in [5.41, 5.74) is 1.43. The number of alkyl halides is 2. The number of rotatable bonds is 4. The van der Waals surface area contributed by atoms with Crippen LogP contribution in [0.25, 0.3) is 10.6 Å². The van der Waals surface area contributed by atoms with E-state index in [1.807, 2.05) is 11.8 Å². The van der Waals surface area contributed by atoms with Crippen molar-refractivity contribution < 1.29 is 18.3 Å². The molecule has 0 radical (unpaired) electrons. The predicted molar refractivity (Wildman–Crippen MR) is 100 cm³/mol. The summed E-state index contributed by atoms with van der Waals surface area (Å²) in [6, 6.07) is 6.25. The minimum atomic E-state index is -2.49. The molecule has 4 nitrogen and oxygen atoms in total. The molecule has 1 aromatic carbocycles. The van der Waals surface area contributed by atoms with Crippen LogP contribution >= 0.6 is 11.3 Å². The minimum Gasteiger partial charge on any atom is -0.377 e. The molecule has 1 saturated carbocycles. The van der Waals surface area contributed by atoms with E-state index in [2.05, 4.69) is 4.98 Å². The molecule has 1 saturated heterocycles. The number of carbonyl (C=O) groups is 1. The van der Waals surface area contributed by atoms with Crippen LogP contribution < -0.4 is 0 Å². The standard InChI is InChI=1S/C20H22F2N2O2S/c1-12-17(20(25)24-9-10-26-11-16(24)13-3-2-4-13)27-19(23-12)15-7-5-14(6-8-15)18(21)22/h5-8,13,16,18H,2-4,9-11H2,1H3. The first-order valence-electron chi connectivity index (χ1n) is 9.29. The van der Waals surface area contributed by atoms with Gasteiger partial charge in [-0.15, -0.1) is 11.3 Å². The van der Waals surface area contributed by atoms with Crippen molar-refractivity contribution in [2.45, 2.75) is 38.7 Å². The Balaban J connectivity index is 1.57. The Hall–Kier alpha value is -1.86. The molecule has 1 amide bonds. The Morgan fingerprint density at radius 1 is 1.30 bits per heavy atom. The molecule has 1 aromatic heterocycles. The highest BCUT2D eigenvalue weighted by Gasteiger charge is 2.37. The number of hydrogen-bond donors (Lipinski definition) is 0. The Morgan fingerprint density at radius 2 is 2.04 bits per heavy atom. The Kier molecular flexibility index (Phi) is 5.23. The third kappa shape index (κ3) is 3.62. The second-order valence-corrected chi connectivity index (χ2v) is 8.19. The van der Waals surface area contributed by atoms with Gasteiger partial charge >= 0.3 is 0 Å². The van der Waals surface area contributed by atoms with E-state index in [1.165, 1.54) is 29.9 Å². The quantitative estimate of drug-likeness (QED) is 0.758. The maximum Gasteiger partial charge on any atom is 0.266 e. The summed E-state index contributed by atoms with van der Waals surface area (Å²) in [5.74, 6) is 0.546. The number of thiazole rings is 1. The van der Waals surface area contributed by atoms with Crippen molar-refractivity contribution in [1.82, 2.24) is 9.88 Å².